The topological polar surface area (TPSA) is 59.6 Å². The second kappa shape index (κ2) is 6.22. The van der Waals surface area contributed by atoms with E-state index in [9.17, 15) is 4.39 Å². The first-order valence-electron chi connectivity index (χ1n) is 6.87. The van der Waals surface area contributed by atoms with Crippen molar-refractivity contribution in [1.82, 2.24) is 5.32 Å². The van der Waals surface area contributed by atoms with Gasteiger partial charge >= 0.3 is 0 Å². The van der Waals surface area contributed by atoms with Crippen molar-refractivity contribution in [2.24, 2.45) is 10.7 Å². The lowest BCUT2D eigenvalue weighted by molar-refractivity contribution is 0.179. The molecule has 0 spiro atoms. The van der Waals surface area contributed by atoms with Crippen LogP contribution in [0.3, 0.4) is 0 Å². The molecule has 1 aromatic carbocycles. The molecule has 1 fully saturated rings. The summed E-state index contributed by atoms with van der Waals surface area (Å²) in [6.07, 6.45) is 2.06. The van der Waals surface area contributed by atoms with Crippen LogP contribution in [0.5, 0.6) is 0 Å². The van der Waals surface area contributed by atoms with Crippen molar-refractivity contribution in [3.8, 4) is 0 Å². The van der Waals surface area contributed by atoms with E-state index in [4.69, 9.17) is 10.5 Å². The fraction of sp³-hybridized carbons (Fsp3) is 0.533. The van der Waals surface area contributed by atoms with Crippen molar-refractivity contribution in [2.75, 3.05) is 20.3 Å². The maximum atomic E-state index is 13.3. The fourth-order valence-electron chi connectivity index (χ4n) is 2.33. The van der Waals surface area contributed by atoms with E-state index >= 15 is 0 Å². The number of nitrogens with two attached hydrogens (primary N) is 1. The molecule has 1 atom stereocenters. The van der Waals surface area contributed by atoms with Gasteiger partial charge in [-0.3, -0.25) is 4.99 Å². The van der Waals surface area contributed by atoms with Gasteiger partial charge in [-0.05, 0) is 37.5 Å². The Bertz CT molecular complexity index is 486. The molecule has 0 radical (unpaired) electrons. The van der Waals surface area contributed by atoms with Gasteiger partial charge < -0.3 is 15.8 Å². The molecule has 20 heavy (non-hydrogen) atoms. The second-order valence-electron chi connectivity index (χ2n) is 5.49. The van der Waals surface area contributed by atoms with E-state index in [1.807, 2.05) is 13.0 Å². The van der Waals surface area contributed by atoms with Gasteiger partial charge in [0.15, 0.2) is 5.96 Å². The molecule has 1 aromatic rings. The SMILES string of the molecule is COCC(C)NC(N)=NCC1(c2cccc(F)c2)CC1. The number of nitrogens with one attached hydrogen (secondary N) is 1. The second-order valence-corrected chi connectivity index (χ2v) is 5.49. The normalized spacial score (nSPS) is 18.6. The summed E-state index contributed by atoms with van der Waals surface area (Å²) in [4.78, 5) is 4.39. The van der Waals surface area contributed by atoms with Crippen molar-refractivity contribution in [2.45, 2.75) is 31.2 Å². The predicted molar refractivity (Wildman–Crippen MR) is 78.3 cm³/mol. The molecule has 0 amide bonds. The van der Waals surface area contributed by atoms with Crippen LogP contribution in [0.1, 0.15) is 25.3 Å². The Morgan fingerprint density at radius 3 is 2.90 bits per heavy atom. The number of ether oxygens (including phenoxy) is 1. The van der Waals surface area contributed by atoms with Crippen LogP contribution in [0.25, 0.3) is 0 Å². The molecule has 1 aliphatic rings. The van der Waals surface area contributed by atoms with Crippen molar-refractivity contribution < 1.29 is 9.13 Å². The van der Waals surface area contributed by atoms with Crippen LogP contribution < -0.4 is 11.1 Å². The molecular formula is C15H22FN3O. The summed E-state index contributed by atoms with van der Waals surface area (Å²) in [6, 6.07) is 6.89. The van der Waals surface area contributed by atoms with Crippen LogP contribution in [0, 0.1) is 5.82 Å². The smallest absolute Gasteiger partial charge is 0.188 e. The molecule has 1 aliphatic carbocycles. The predicted octanol–water partition coefficient (Wildman–Crippen LogP) is 1.80. The Kier molecular flexibility index (Phi) is 4.60. The molecule has 0 aliphatic heterocycles. The van der Waals surface area contributed by atoms with Gasteiger partial charge in [0.05, 0.1) is 13.2 Å². The van der Waals surface area contributed by atoms with Gasteiger partial charge in [0.2, 0.25) is 0 Å². The minimum Gasteiger partial charge on any atom is -0.383 e. The standard InChI is InChI=1S/C15H22FN3O/c1-11(9-20-2)19-14(17)18-10-15(6-7-15)12-4-3-5-13(16)8-12/h3-5,8,11H,6-7,9-10H2,1-2H3,(H3,17,18,19). The molecule has 0 heterocycles. The lowest BCUT2D eigenvalue weighted by atomic mass is 9.96. The van der Waals surface area contributed by atoms with Crippen LogP contribution >= 0.6 is 0 Å². The van der Waals surface area contributed by atoms with E-state index in [-0.39, 0.29) is 17.3 Å². The number of halogens is 1. The van der Waals surface area contributed by atoms with Gasteiger partial charge in [0, 0.05) is 18.6 Å². The van der Waals surface area contributed by atoms with Crippen LogP contribution in [-0.2, 0) is 10.2 Å². The number of guanidine groups is 1. The molecule has 2 rings (SSSR count). The van der Waals surface area contributed by atoms with Crippen LogP contribution in [0.4, 0.5) is 4.39 Å². The number of hydrogen-bond acceptors (Lipinski definition) is 2. The number of rotatable bonds is 6. The number of nitrogens with zero attached hydrogens (tertiary/aromatic N) is 1. The summed E-state index contributed by atoms with van der Waals surface area (Å²) in [5.74, 6) is 0.217. The zero-order chi connectivity index (χ0) is 14.6. The van der Waals surface area contributed by atoms with Gasteiger partial charge in [-0.15, -0.1) is 0 Å². The molecule has 0 saturated heterocycles. The maximum absolute atomic E-state index is 13.3. The average molecular weight is 279 g/mol. The van der Waals surface area contributed by atoms with Gasteiger partial charge in [0.1, 0.15) is 5.82 Å². The summed E-state index contributed by atoms with van der Waals surface area (Å²) >= 11 is 0. The van der Waals surface area contributed by atoms with Crippen molar-refractivity contribution in [1.29, 1.82) is 0 Å². The summed E-state index contributed by atoms with van der Waals surface area (Å²) in [5.41, 5.74) is 6.84. The molecule has 0 aromatic heterocycles. The van der Waals surface area contributed by atoms with E-state index < -0.39 is 0 Å². The van der Waals surface area contributed by atoms with E-state index in [2.05, 4.69) is 10.3 Å². The Labute approximate surface area is 119 Å². The van der Waals surface area contributed by atoms with Crippen molar-refractivity contribution in [3.63, 3.8) is 0 Å². The third kappa shape index (κ3) is 3.70. The van der Waals surface area contributed by atoms with E-state index in [0.717, 1.165) is 18.4 Å². The third-order valence-corrected chi connectivity index (χ3v) is 3.65. The van der Waals surface area contributed by atoms with Gasteiger partial charge in [-0.1, -0.05) is 12.1 Å². The van der Waals surface area contributed by atoms with Gasteiger partial charge in [0.25, 0.3) is 0 Å². The fourth-order valence-corrected chi connectivity index (χ4v) is 2.33. The van der Waals surface area contributed by atoms with E-state index in [0.29, 0.717) is 19.1 Å². The molecular weight excluding hydrogens is 257 g/mol. The Hall–Kier alpha value is -1.62. The molecule has 110 valence electrons. The number of methoxy groups -OCH3 is 1. The lowest BCUT2D eigenvalue weighted by Gasteiger charge is -2.16. The maximum Gasteiger partial charge on any atom is 0.188 e. The number of aliphatic imine (C=N–C) groups is 1. The zero-order valence-corrected chi connectivity index (χ0v) is 12.0. The summed E-state index contributed by atoms with van der Waals surface area (Å²) < 4.78 is 18.3. The highest BCUT2D eigenvalue weighted by atomic mass is 19.1. The Morgan fingerprint density at radius 2 is 2.30 bits per heavy atom. The summed E-state index contributed by atoms with van der Waals surface area (Å²) in [7, 11) is 1.65. The van der Waals surface area contributed by atoms with Crippen molar-refractivity contribution in [3.05, 3.63) is 35.6 Å². The highest BCUT2D eigenvalue weighted by molar-refractivity contribution is 5.78. The Balaban J connectivity index is 1.96. The van der Waals surface area contributed by atoms with E-state index in [1.54, 1.807) is 19.2 Å². The molecule has 3 N–H and O–H groups in total. The minimum atomic E-state index is -0.197. The highest BCUT2D eigenvalue weighted by Gasteiger charge is 2.44. The molecule has 1 unspecified atom stereocenters. The zero-order valence-electron chi connectivity index (χ0n) is 12.0. The first kappa shape index (κ1) is 14.8. The molecule has 1 saturated carbocycles. The summed E-state index contributed by atoms with van der Waals surface area (Å²) in [5, 5.41) is 3.07. The van der Waals surface area contributed by atoms with Crippen LogP contribution in [0.2, 0.25) is 0 Å². The highest BCUT2D eigenvalue weighted by Crippen LogP contribution is 2.48. The largest absolute Gasteiger partial charge is 0.383 e. The molecule has 0 bridgehead atoms. The van der Waals surface area contributed by atoms with Crippen LogP contribution in [-0.4, -0.2) is 32.3 Å². The number of hydrogen-bond donors (Lipinski definition) is 2. The van der Waals surface area contributed by atoms with Gasteiger partial charge in [-0.25, -0.2) is 4.39 Å². The third-order valence-electron chi connectivity index (χ3n) is 3.65. The van der Waals surface area contributed by atoms with E-state index in [1.165, 1.54) is 6.07 Å². The van der Waals surface area contributed by atoms with Gasteiger partial charge in [-0.2, -0.15) is 0 Å². The Morgan fingerprint density at radius 1 is 1.55 bits per heavy atom. The first-order chi connectivity index (χ1) is 9.55. The summed E-state index contributed by atoms with van der Waals surface area (Å²) in [6.45, 7) is 3.14. The quantitative estimate of drug-likeness (QED) is 0.616. The first-order valence-corrected chi connectivity index (χ1v) is 6.87. The number of benzene rings is 1. The minimum absolute atomic E-state index is 0.0289. The van der Waals surface area contributed by atoms with Crippen LogP contribution in [0.15, 0.2) is 29.3 Å². The average Bonchev–Trinajstić information content (AvgIpc) is 3.18. The molecule has 5 heteroatoms. The molecule has 4 nitrogen and oxygen atoms in total. The monoisotopic (exact) mass is 279 g/mol. The lowest BCUT2D eigenvalue weighted by Crippen LogP contribution is -2.41. The van der Waals surface area contributed by atoms with Crippen molar-refractivity contribution >= 4 is 5.96 Å².